The number of amides is 2. The number of primary amides is 1. The van der Waals surface area contributed by atoms with E-state index >= 15 is 0 Å². The van der Waals surface area contributed by atoms with Crippen LogP contribution in [0.1, 0.15) is 24.3 Å². The highest BCUT2D eigenvalue weighted by Crippen LogP contribution is 2.26. The first kappa shape index (κ1) is 9.96. The van der Waals surface area contributed by atoms with E-state index in [1.54, 1.807) is 11.1 Å². The van der Waals surface area contributed by atoms with Crippen LogP contribution in [0.25, 0.3) is 0 Å². The second-order valence-corrected chi connectivity index (χ2v) is 3.89. The Kier molecular flexibility index (Phi) is 2.85. The van der Waals surface area contributed by atoms with Gasteiger partial charge in [0.05, 0.1) is 0 Å². The first-order valence-corrected chi connectivity index (χ1v) is 5.21. The van der Waals surface area contributed by atoms with Crippen LogP contribution in [0.4, 0.5) is 4.79 Å². The highest BCUT2D eigenvalue weighted by Gasteiger charge is 2.22. The summed E-state index contributed by atoms with van der Waals surface area (Å²) in [6.45, 7) is 1.52. The van der Waals surface area contributed by atoms with Gasteiger partial charge in [0.25, 0.3) is 0 Å². The predicted octanol–water partition coefficient (Wildman–Crippen LogP) is 1.34. The van der Waals surface area contributed by atoms with Crippen molar-refractivity contribution in [1.82, 2.24) is 9.88 Å². The van der Waals surface area contributed by atoms with Gasteiger partial charge in [0.2, 0.25) is 0 Å². The number of nitrogens with zero attached hydrogens (tertiary/aromatic N) is 2. The Labute approximate surface area is 89.1 Å². The number of nitrogens with two attached hydrogens (primary N) is 1. The summed E-state index contributed by atoms with van der Waals surface area (Å²) in [6, 6.07) is 3.74. The Balaban J connectivity index is 1.97. The molecule has 1 aromatic heterocycles. The smallest absolute Gasteiger partial charge is 0.314 e. The van der Waals surface area contributed by atoms with E-state index in [0.717, 1.165) is 25.9 Å². The summed E-state index contributed by atoms with van der Waals surface area (Å²) in [4.78, 5) is 16.7. The average Bonchev–Trinajstić information content (AvgIpc) is 2.30. The van der Waals surface area contributed by atoms with Gasteiger partial charge in [0.1, 0.15) is 0 Å². The number of aromatic nitrogens is 1. The van der Waals surface area contributed by atoms with Gasteiger partial charge in [-0.05, 0) is 30.4 Å². The molecule has 1 aliphatic heterocycles. The van der Waals surface area contributed by atoms with Crippen molar-refractivity contribution in [2.45, 2.75) is 18.8 Å². The van der Waals surface area contributed by atoms with Crippen molar-refractivity contribution in [1.29, 1.82) is 0 Å². The number of piperidine rings is 1. The number of urea groups is 1. The monoisotopic (exact) mass is 205 g/mol. The molecule has 15 heavy (non-hydrogen) atoms. The summed E-state index contributed by atoms with van der Waals surface area (Å²) in [6.07, 6.45) is 5.65. The molecule has 4 nitrogen and oxygen atoms in total. The number of pyridine rings is 1. The minimum Gasteiger partial charge on any atom is -0.351 e. The summed E-state index contributed by atoms with van der Waals surface area (Å²) in [5, 5.41) is 0. The van der Waals surface area contributed by atoms with Crippen molar-refractivity contribution in [3.63, 3.8) is 0 Å². The van der Waals surface area contributed by atoms with Gasteiger partial charge < -0.3 is 10.6 Å². The molecule has 1 fully saturated rings. The number of carbonyl (C=O) groups excluding carboxylic acids is 1. The molecule has 0 aliphatic carbocycles. The van der Waals surface area contributed by atoms with Gasteiger partial charge in [-0.3, -0.25) is 4.98 Å². The van der Waals surface area contributed by atoms with E-state index in [1.807, 2.05) is 12.3 Å². The van der Waals surface area contributed by atoms with Crippen LogP contribution in [0, 0.1) is 0 Å². The van der Waals surface area contributed by atoms with Crippen LogP contribution in [-0.2, 0) is 0 Å². The molecule has 0 unspecified atom stereocenters. The summed E-state index contributed by atoms with van der Waals surface area (Å²) in [7, 11) is 0. The number of carbonyl (C=O) groups is 1. The van der Waals surface area contributed by atoms with Crippen molar-refractivity contribution in [3.05, 3.63) is 30.1 Å². The zero-order valence-corrected chi connectivity index (χ0v) is 8.60. The Bertz CT molecular complexity index is 331. The van der Waals surface area contributed by atoms with E-state index in [0.29, 0.717) is 5.92 Å². The molecule has 80 valence electrons. The topological polar surface area (TPSA) is 59.2 Å². The van der Waals surface area contributed by atoms with Crippen LogP contribution in [0.3, 0.4) is 0 Å². The third kappa shape index (κ3) is 2.26. The summed E-state index contributed by atoms with van der Waals surface area (Å²) in [5.41, 5.74) is 6.49. The summed E-state index contributed by atoms with van der Waals surface area (Å²) in [5.74, 6) is 0.522. The molecular weight excluding hydrogens is 190 g/mol. The maximum Gasteiger partial charge on any atom is 0.314 e. The lowest BCUT2D eigenvalue weighted by Crippen LogP contribution is -2.41. The largest absolute Gasteiger partial charge is 0.351 e. The molecule has 0 atom stereocenters. The third-order valence-electron chi connectivity index (χ3n) is 2.96. The Morgan fingerprint density at radius 1 is 1.47 bits per heavy atom. The number of likely N-dealkylation sites (tertiary alicyclic amines) is 1. The summed E-state index contributed by atoms with van der Waals surface area (Å²) >= 11 is 0. The minimum absolute atomic E-state index is 0.306. The molecule has 2 amide bonds. The van der Waals surface area contributed by atoms with Gasteiger partial charge in [-0.25, -0.2) is 4.79 Å². The lowest BCUT2D eigenvalue weighted by atomic mass is 9.91. The van der Waals surface area contributed by atoms with Crippen molar-refractivity contribution < 1.29 is 4.79 Å². The third-order valence-corrected chi connectivity index (χ3v) is 2.96. The second-order valence-electron chi connectivity index (χ2n) is 3.89. The molecule has 1 saturated heterocycles. The van der Waals surface area contributed by atoms with Gasteiger partial charge in [-0.2, -0.15) is 0 Å². The van der Waals surface area contributed by atoms with E-state index in [2.05, 4.69) is 11.1 Å². The number of hydrogen-bond donors (Lipinski definition) is 1. The lowest BCUT2D eigenvalue weighted by Gasteiger charge is -2.30. The zero-order chi connectivity index (χ0) is 10.7. The maximum atomic E-state index is 10.9. The standard InChI is InChI=1S/C11H15N3O/c12-11(15)14-6-3-9(4-7-14)10-2-1-5-13-8-10/h1-2,5,8-9H,3-4,6-7H2,(H2,12,15). The van der Waals surface area contributed by atoms with Gasteiger partial charge in [-0.1, -0.05) is 6.07 Å². The van der Waals surface area contributed by atoms with Gasteiger partial charge in [-0.15, -0.1) is 0 Å². The van der Waals surface area contributed by atoms with Crippen LogP contribution in [-0.4, -0.2) is 29.0 Å². The van der Waals surface area contributed by atoms with Gasteiger partial charge in [0, 0.05) is 25.5 Å². The zero-order valence-electron chi connectivity index (χ0n) is 8.60. The number of hydrogen-bond acceptors (Lipinski definition) is 2. The van der Waals surface area contributed by atoms with Crippen LogP contribution in [0.5, 0.6) is 0 Å². The molecule has 0 spiro atoms. The van der Waals surface area contributed by atoms with Crippen LogP contribution in [0.15, 0.2) is 24.5 Å². The molecular formula is C11H15N3O. The fourth-order valence-electron chi connectivity index (χ4n) is 2.05. The molecule has 2 rings (SSSR count). The summed E-state index contributed by atoms with van der Waals surface area (Å²) < 4.78 is 0. The molecule has 4 heteroatoms. The molecule has 0 radical (unpaired) electrons. The second kappa shape index (κ2) is 4.29. The van der Waals surface area contributed by atoms with E-state index in [4.69, 9.17) is 5.73 Å². The van der Waals surface area contributed by atoms with E-state index in [9.17, 15) is 4.79 Å². The normalized spacial score (nSPS) is 17.7. The van der Waals surface area contributed by atoms with Crippen molar-refractivity contribution in [3.8, 4) is 0 Å². The van der Waals surface area contributed by atoms with Gasteiger partial charge in [0.15, 0.2) is 0 Å². The Morgan fingerprint density at radius 2 is 2.20 bits per heavy atom. The highest BCUT2D eigenvalue weighted by molar-refractivity contribution is 5.72. The fourth-order valence-corrected chi connectivity index (χ4v) is 2.05. The first-order chi connectivity index (χ1) is 7.27. The predicted molar refractivity (Wildman–Crippen MR) is 57.4 cm³/mol. The minimum atomic E-state index is -0.306. The molecule has 2 heterocycles. The molecule has 1 aromatic rings. The van der Waals surface area contributed by atoms with Crippen LogP contribution < -0.4 is 5.73 Å². The lowest BCUT2D eigenvalue weighted by molar-refractivity contribution is 0.190. The SMILES string of the molecule is NC(=O)N1CCC(c2cccnc2)CC1. The average molecular weight is 205 g/mol. The fraction of sp³-hybridized carbons (Fsp3) is 0.455. The molecule has 0 saturated carbocycles. The maximum absolute atomic E-state index is 10.9. The van der Waals surface area contributed by atoms with Gasteiger partial charge >= 0.3 is 6.03 Å². The van der Waals surface area contributed by atoms with Crippen LogP contribution >= 0.6 is 0 Å². The highest BCUT2D eigenvalue weighted by atomic mass is 16.2. The Morgan fingerprint density at radius 3 is 2.73 bits per heavy atom. The number of rotatable bonds is 1. The molecule has 0 bridgehead atoms. The molecule has 1 aliphatic rings. The first-order valence-electron chi connectivity index (χ1n) is 5.21. The van der Waals surface area contributed by atoms with Crippen molar-refractivity contribution in [2.24, 2.45) is 5.73 Å². The van der Waals surface area contributed by atoms with Crippen molar-refractivity contribution in [2.75, 3.05) is 13.1 Å². The Hall–Kier alpha value is -1.58. The van der Waals surface area contributed by atoms with Crippen LogP contribution in [0.2, 0.25) is 0 Å². The van der Waals surface area contributed by atoms with Crippen molar-refractivity contribution >= 4 is 6.03 Å². The van der Waals surface area contributed by atoms with E-state index in [1.165, 1.54) is 5.56 Å². The quantitative estimate of drug-likeness (QED) is 0.752. The van der Waals surface area contributed by atoms with E-state index < -0.39 is 0 Å². The molecule has 0 aromatic carbocycles. The van der Waals surface area contributed by atoms with E-state index in [-0.39, 0.29) is 6.03 Å². The molecule has 2 N–H and O–H groups in total.